The quantitative estimate of drug-likeness (QED) is 0.00742. The molecule has 0 aliphatic carbocycles. The van der Waals surface area contributed by atoms with Gasteiger partial charge in [0.1, 0.15) is 29.5 Å². The summed E-state index contributed by atoms with van der Waals surface area (Å²) in [6.45, 7) is 3.27. The van der Waals surface area contributed by atoms with Gasteiger partial charge in [-0.15, -0.1) is 0 Å². The van der Waals surface area contributed by atoms with Crippen LogP contribution in [0.5, 0.6) is 5.75 Å². The summed E-state index contributed by atoms with van der Waals surface area (Å²) in [6, 6.07) is 8.93. The van der Waals surface area contributed by atoms with Crippen LogP contribution >= 0.6 is 7.82 Å². The Balaban J connectivity index is 1.26. The van der Waals surface area contributed by atoms with E-state index in [2.05, 4.69) is 51.6 Å². The number of methoxy groups -OCH3 is 2. The number of carboxylic acids is 1. The van der Waals surface area contributed by atoms with Crippen LogP contribution in [0.1, 0.15) is 119 Å². The van der Waals surface area contributed by atoms with E-state index in [1.165, 1.54) is 51.1 Å². The molecular weight excluding hydrogens is 1400 g/mol. The Morgan fingerprint density at radius 1 is 0.796 bits per heavy atom. The fraction of sp³-hybridized carbons (Fsp3) is 0.515. The summed E-state index contributed by atoms with van der Waals surface area (Å²) in [4.78, 5) is 117. The lowest BCUT2D eigenvalue weighted by molar-refractivity contribution is -0.231. The van der Waals surface area contributed by atoms with Crippen molar-refractivity contribution in [1.82, 2.24) is 40.4 Å². The van der Waals surface area contributed by atoms with Gasteiger partial charge in [0.2, 0.25) is 11.9 Å². The first-order valence-electron chi connectivity index (χ1n) is 32.3. The number of fused-ring (bicyclic) bond motifs is 2. The van der Waals surface area contributed by atoms with Gasteiger partial charge < -0.3 is 38.8 Å². The number of amides is 2. The standard InChI is InChI=1S/C68H78F10N9O15P/c1-37-20-43(26-55(89)90)58(53(21-37)102-103(95,96)97)64(2,3)28-57(92)101-54(34-85(83-60(93)48(27-56(91)98-8)65(4,5)67(73,74)75)33-47-49(69)23-41(24-50(47)70)51-18-19-86(82-51)61(71)72)42(25-52(88)59(81-63(94)99-9)66(6,7)68(76,77)78)22-39-13-10-38(11-14-39)12-15-40-29-79-62(80-30-40)84-31-44-16-17-45(32-84)87(44)46-35-100-36-46/h10-11,13-14,18-21,23-24,29-30,42,44-46,48,54,59,61H,16-17,22,25-28,31-36H2,1-9H3,(H,81,94)(H,83,93)(H,89,90)(H2,95,96,97)/t42-,44?,45?,48-,54+,59-/m1/s1. The maximum atomic E-state index is 16.8. The number of carbonyl (C=O) groups is 6. The normalized spacial score (nSPS) is 17.3. The number of esters is 2. The summed E-state index contributed by atoms with van der Waals surface area (Å²) in [5.74, 6) is -8.87. The number of piperazine rings is 1. The van der Waals surface area contributed by atoms with Crippen LogP contribution < -0.4 is 20.2 Å². The van der Waals surface area contributed by atoms with Crippen molar-refractivity contribution in [3.05, 3.63) is 124 Å². The number of anilines is 1. The van der Waals surface area contributed by atoms with Crippen molar-refractivity contribution >= 4 is 49.5 Å². The van der Waals surface area contributed by atoms with Crippen LogP contribution in [0, 0.1) is 53.1 Å². The van der Waals surface area contributed by atoms with Crippen molar-refractivity contribution in [2.75, 3.05) is 52.0 Å². The summed E-state index contributed by atoms with van der Waals surface area (Å²) >= 11 is 0. The lowest BCUT2D eigenvalue weighted by atomic mass is 9.75. The van der Waals surface area contributed by atoms with E-state index in [9.17, 15) is 47.4 Å². The van der Waals surface area contributed by atoms with E-state index in [0.29, 0.717) is 93.3 Å². The van der Waals surface area contributed by atoms with Gasteiger partial charge in [0.25, 0.3) is 0 Å². The molecule has 3 aliphatic heterocycles. The second-order valence-electron chi connectivity index (χ2n) is 27.4. The van der Waals surface area contributed by atoms with E-state index in [1.54, 1.807) is 12.4 Å². The number of hydrogen-bond donors (Lipinski definition) is 5. The highest BCUT2D eigenvalue weighted by molar-refractivity contribution is 7.46. The Morgan fingerprint density at radius 3 is 1.92 bits per heavy atom. The van der Waals surface area contributed by atoms with Crippen LogP contribution in [0.25, 0.3) is 11.3 Å². The number of carboxylic acid groups (broad SMARTS) is 1. The average molecular weight is 1480 g/mol. The third-order valence-electron chi connectivity index (χ3n) is 18.7. The zero-order valence-corrected chi connectivity index (χ0v) is 58.2. The summed E-state index contributed by atoms with van der Waals surface area (Å²) in [5, 5.41) is 16.1. The van der Waals surface area contributed by atoms with Gasteiger partial charge in [0.15, 0.2) is 5.78 Å². The Morgan fingerprint density at radius 2 is 1.40 bits per heavy atom. The van der Waals surface area contributed by atoms with Gasteiger partial charge in [-0.25, -0.2) is 37.8 Å². The molecular formula is C68H78F10N9O15P. The van der Waals surface area contributed by atoms with E-state index < -0.39 is 182 Å². The third kappa shape index (κ3) is 19.8. The molecule has 103 heavy (non-hydrogen) atoms. The van der Waals surface area contributed by atoms with Crippen molar-refractivity contribution in [3.63, 3.8) is 0 Å². The number of phosphoric acid groups is 1. The number of alkyl halides is 8. The van der Waals surface area contributed by atoms with Crippen LogP contribution in [-0.4, -0.2) is 170 Å². The molecule has 5 heterocycles. The molecule has 2 aromatic heterocycles. The number of hydrazine groups is 1. The molecule has 2 unspecified atom stereocenters. The molecule has 2 amide bonds. The second kappa shape index (κ2) is 32.1. The van der Waals surface area contributed by atoms with Gasteiger partial charge in [0, 0.05) is 90.3 Å². The largest absolute Gasteiger partial charge is 0.524 e. The van der Waals surface area contributed by atoms with Crippen LogP contribution in [-0.2, 0) is 72.3 Å². The summed E-state index contributed by atoms with van der Waals surface area (Å²) in [7, 11) is -3.92. The molecule has 0 spiro atoms. The molecule has 560 valence electrons. The monoisotopic (exact) mass is 1480 g/mol. The summed E-state index contributed by atoms with van der Waals surface area (Å²) in [6.07, 6.45) is -13.3. The SMILES string of the molecule is COC(=O)C[C@H](C(=O)NN(Cc1c(F)cc(-c2ccn(C(F)F)n2)cc1F)C[C@H](OC(=O)CC(C)(C)c1c(CC(=O)O)cc(C)cc1OP(=O)(O)O)[C@@H](CC(=O)[C@@H](NC(=O)OC)C(C)(C)C(F)(F)F)Cc1ccc(C#Cc2cnc(N3CC4CCC(C3)N4C3COC3)nc2)cc1)C(C)(C)C(F)(F)F. The molecule has 3 fully saturated rings. The molecule has 3 aliphatic rings. The Kier molecular flexibility index (Phi) is 24.9. The lowest BCUT2D eigenvalue weighted by Crippen LogP contribution is -2.62. The van der Waals surface area contributed by atoms with Crippen LogP contribution in [0.2, 0.25) is 0 Å². The molecule has 2 bridgehead atoms. The maximum Gasteiger partial charge on any atom is 0.524 e. The third-order valence-corrected chi connectivity index (χ3v) is 19.2. The number of nitrogens with zero attached hydrogens (tertiary/aromatic N) is 7. The maximum absolute atomic E-state index is 16.8. The van der Waals surface area contributed by atoms with Crippen molar-refractivity contribution in [3.8, 4) is 28.8 Å². The van der Waals surface area contributed by atoms with Gasteiger partial charge in [-0.05, 0) is 93.1 Å². The molecule has 24 nitrogen and oxygen atoms in total. The van der Waals surface area contributed by atoms with E-state index in [0.717, 1.165) is 58.5 Å². The van der Waals surface area contributed by atoms with Crippen LogP contribution in [0.4, 0.5) is 54.6 Å². The molecule has 0 saturated carbocycles. The number of Topliss-reactive ketones (excluding diaryl/α,β-unsaturated/α-hetero) is 1. The van der Waals surface area contributed by atoms with E-state index in [-0.39, 0.29) is 26.9 Å². The number of ketones is 1. The number of hydrogen-bond acceptors (Lipinski definition) is 18. The first kappa shape index (κ1) is 80.0. The number of nitrogens with one attached hydrogen (secondary N) is 2. The predicted molar refractivity (Wildman–Crippen MR) is 346 cm³/mol. The molecule has 0 radical (unpaired) electrons. The number of alkyl carbamates (subject to hydrolysis) is 1. The Labute approximate surface area is 585 Å². The molecule has 35 heteroatoms. The van der Waals surface area contributed by atoms with Gasteiger partial charge >= 0.3 is 50.7 Å². The molecule has 6 atom stereocenters. The van der Waals surface area contributed by atoms with Crippen molar-refractivity contribution in [1.29, 1.82) is 0 Å². The first-order valence-corrected chi connectivity index (χ1v) is 33.8. The highest BCUT2D eigenvalue weighted by atomic mass is 31.2. The molecule has 3 aromatic carbocycles. The summed E-state index contributed by atoms with van der Waals surface area (Å²) in [5.41, 5.74) is -7.22. The minimum absolute atomic E-state index is 0.147. The number of phosphoric ester groups is 1. The number of aryl methyl sites for hydroxylation is 1. The average Bonchev–Trinajstić information content (AvgIpc) is 1.32. The lowest BCUT2D eigenvalue weighted by Gasteiger charge is -2.47. The van der Waals surface area contributed by atoms with E-state index >= 15 is 44.7 Å². The Hall–Kier alpha value is -8.74. The fourth-order valence-corrected chi connectivity index (χ4v) is 13.4. The number of aromatic nitrogens is 4. The minimum atomic E-state index is -5.50. The number of carbonyl (C=O) groups excluding carboxylic acids is 5. The second-order valence-corrected chi connectivity index (χ2v) is 28.6. The molecule has 5 N–H and O–H groups in total. The fourth-order valence-electron chi connectivity index (χ4n) is 13.0. The van der Waals surface area contributed by atoms with Crippen molar-refractivity contribution in [2.45, 2.75) is 155 Å². The zero-order chi connectivity index (χ0) is 76.1. The van der Waals surface area contributed by atoms with Gasteiger partial charge in [-0.3, -0.25) is 44.1 Å². The number of benzene rings is 3. The first-order chi connectivity index (χ1) is 48.0. The van der Waals surface area contributed by atoms with E-state index in [4.69, 9.17) is 14.0 Å². The van der Waals surface area contributed by atoms with E-state index in [1.807, 2.05) is 5.32 Å². The topological polar surface area (TPSA) is 304 Å². The molecule has 3 saturated heterocycles. The van der Waals surface area contributed by atoms with Crippen LogP contribution in [0.3, 0.4) is 0 Å². The number of ether oxygens (including phenoxy) is 4. The zero-order valence-electron chi connectivity index (χ0n) is 57.3. The Bertz CT molecular complexity index is 4010. The smallest absolute Gasteiger partial charge is 0.481 e. The highest BCUT2D eigenvalue weighted by Crippen LogP contribution is 2.48. The number of halogens is 10. The predicted octanol–water partition coefficient (Wildman–Crippen LogP) is 9.88. The van der Waals surface area contributed by atoms with Crippen molar-refractivity contribution < 1.29 is 116 Å². The van der Waals surface area contributed by atoms with Gasteiger partial charge in [-0.2, -0.15) is 40.2 Å². The molecule has 8 rings (SSSR count). The number of rotatable bonds is 29. The van der Waals surface area contributed by atoms with Gasteiger partial charge in [0.05, 0.1) is 87.3 Å². The number of aliphatic carboxylic acids is 1. The summed E-state index contributed by atoms with van der Waals surface area (Å²) < 4.78 is 190. The van der Waals surface area contributed by atoms with Crippen molar-refractivity contribution in [2.24, 2.45) is 22.7 Å². The molecule has 5 aromatic rings. The van der Waals surface area contributed by atoms with Gasteiger partial charge in [-0.1, -0.05) is 57.7 Å². The highest BCUT2D eigenvalue weighted by Gasteiger charge is 2.57. The van der Waals surface area contributed by atoms with Crippen LogP contribution in [0.15, 0.2) is 73.2 Å². The minimum Gasteiger partial charge on any atom is -0.481 e.